The molecule has 4 atom stereocenters. The van der Waals surface area contributed by atoms with Crippen LogP contribution in [0.3, 0.4) is 0 Å². The fraction of sp³-hybridized carbons (Fsp3) is 0.515. The lowest BCUT2D eigenvalue weighted by atomic mass is 10.1. The van der Waals surface area contributed by atoms with Gasteiger partial charge >= 0.3 is 11.7 Å². The average Bonchev–Trinajstić information content (AvgIpc) is 3.71. The van der Waals surface area contributed by atoms with Gasteiger partial charge in [0.25, 0.3) is 5.56 Å². The molecule has 0 saturated carbocycles. The number of oxazole rings is 1. The van der Waals surface area contributed by atoms with Crippen LogP contribution < -0.4 is 16.0 Å². The molecule has 3 aromatic heterocycles. The van der Waals surface area contributed by atoms with E-state index in [1.807, 2.05) is 24.3 Å². The number of rotatable bonds is 7. The molecule has 11 nitrogen and oxygen atoms in total. The Labute approximate surface area is 265 Å². The van der Waals surface area contributed by atoms with Crippen molar-refractivity contribution in [1.29, 1.82) is 0 Å². The first-order chi connectivity index (χ1) is 21.4. The molecule has 242 valence electrons. The molecule has 0 spiro atoms. The van der Waals surface area contributed by atoms with Crippen LogP contribution in [0.25, 0.3) is 21.0 Å². The molecule has 0 amide bonds. The van der Waals surface area contributed by atoms with Crippen molar-refractivity contribution in [3.63, 3.8) is 0 Å². The van der Waals surface area contributed by atoms with E-state index in [0.717, 1.165) is 23.0 Å². The largest absolute Gasteiger partial charge is 0.496 e. The van der Waals surface area contributed by atoms with Gasteiger partial charge in [0.2, 0.25) is 5.89 Å². The van der Waals surface area contributed by atoms with Crippen molar-refractivity contribution >= 4 is 27.5 Å². The molecule has 0 aliphatic carbocycles. The van der Waals surface area contributed by atoms with Gasteiger partial charge in [-0.1, -0.05) is 18.2 Å². The smallest absolute Gasteiger partial charge is 0.332 e. The van der Waals surface area contributed by atoms with Gasteiger partial charge in [-0.3, -0.25) is 9.36 Å². The average molecular weight is 640 g/mol. The summed E-state index contributed by atoms with van der Waals surface area (Å²) >= 11 is 1.27. The summed E-state index contributed by atoms with van der Waals surface area (Å²) in [5.41, 5.74) is -0.342. The number of esters is 1. The third-order valence-corrected chi connectivity index (χ3v) is 9.37. The van der Waals surface area contributed by atoms with Crippen molar-refractivity contribution < 1.29 is 28.5 Å². The van der Waals surface area contributed by atoms with Gasteiger partial charge in [0.1, 0.15) is 28.5 Å². The first kappa shape index (κ1) is 32.6. The van der Waals surface area contributed by atoms with Crippen LogP contribution in [0, 0.1) is 6.92 Å². The van der Waals surface area contributed by atoms with E-state index in [4.69, 9.17) is 18.6 Å². The zero-order chi connectivity index (χ0) is 32.5. The summed E-state index contributed by atoms with van der Waals surface area (Å²) in [6.07, 6.45) is 8.24. The molecule has 1 aromatic carbocycles. The molecule has 1 unspecified atom stereocenters. The molecule has 2 fully saturated rings. The fourth-order valence-corrected chi connectivity index (χ4v) is 7.17. The van der Waals surface area contributed by atoms with E-state index in [1.165, 1.54) is 48.1 Å². The molecule has 2 aliphatic heterocycles. The Bertz CT molecular complexity index is 1750. The summed E-state index contributed by atoms with van der Waals surface area (Å²) in [5, 5.41) is 9.56. The highest BCUT2D eigenvalue weighted by Gasteiger charge is 2.34. The van der Waals surface area contributed by atoms with E-state index in [0.29, 0.717) is 50.9 Å². The lowest BCUT2D eigenvalue weighted by Crippen LogP contribution is -2.45. The lowest BCUT2D eigenvalue weighted by molar-refractivity contribution is -0.158. The number of methoxy groups -OCH3 is 1. The van der Waals surface area contributed by atoms with Crippen molar-refractivity contribution in [3.05, 3.63) is 68.7 Å². The van der Waals surface area contributed by atoms with Gasteiger partial charge in [0.15, 0.2) is 0 Å². The molecule has 2 saturated heterocycles. The number of benzene rings is 1. The minimum absolute atomic E-state index is 0.0729. The number of aryl methyl sites for hydroxylation is 3. The second-order valence-corrected chi connectivity index (χ2v) is 13.5. The van der Waals surface area contributed by atoms with Crippen molar-refractivity contribution in [2.45, 2.75) is 103 Å². The third kappa shape index (κ3) is 7.08. The zero-order valence-corrected chi connectivity index (χ0v) is 27.4. The van der Waals surface area contributed by atoms with Crippen LogP contribution in [-0.2, 0) is 27.2 Å². The number of aliphatic hydroxyl groups excluding tert-OH is 1. The highest BCUT2D eigenvalue weighted by atomic mass is 32.1. The second kappa shape index (κ2) is 13.3. The molecule has 1 N–H and O–H groups in total. The Morgan fingerprint density at radius 3 is 2.49 bits per heavy atom. The molecule has 45 heavy (non-hydrogen) atoms. The summed E-state index contributed by atoms with van der Waals surface area (Å²) in [6.45, 7) is 8.77. The molecular formula is C33H41N3O8S. The van der Waals surface area contributed by atoms with Crippen molar-refractivity contribution in [3.8, 4) is 16.5 Å². The predicted octanol–water partition coefficient (Wildman–Crippen LogP) is 5.03. The van der Waals surface area contributed by atoms with Crippen molar-refractivity contribution in [1.82, 2.24) is 14.1 Å². The number of hydrogen-bond donors (Lipinski definition) is 1. The number of fused-ring (bicyclic) bond motifs is 3. The summed E-state index contributed by atoms with van der Waals surface area (Å²) < 4.78 is 24.5. The van der Waals surface area contributed by atoms with Gasteiger partial charge < -0.3 is 23.7 Å². The number of carbonyl (C=O) groups is 1. The number of hydrogen-bond acceptors (Lipinski definition) is 10. The Morgan fingerprint density at radius 1 is 1.18 bits per heavy atom. The van der Waals surface area contributed by atoms with E-state index in [1.54, 1.807) is 34.8 Å². The molecule has 12 heteroatoms. The van der Waals surface area contributed by atoms with Crippen LogP contribution >= 0.6 is 11.3 Å². The predicted molar refractivity (Wildman–Crippen MR) is 171 cm³/mol. The topological polar surface area (TPSA) is 135 Å². The number of aromatic nitrogens is 3. The quantitative estimate of drug-likeness (QED) is 0.276. The van der Waals surface area contributed by atoms with Crippen LogP contribution in [0.4, 0.5) is 0 Å². The van der Waals surface area contributed by atoms with Crippen molar-refractivity contribution in [2.24, 2.45) is 0 Å². The second-order valence-electron chi connectivity index (χ2n) is 12.5. The fourth-order valence-electron chi connectivity index (χ4n) is 5.91. The Morgan fingerprint density at radius 2 is 1.87 bits per heavy atom. The SMILES string of the molecule is COc1ccccc1CCn1c(=O)n([C@H](C)C(=O)OC(C)(C)C)c(=O)c2c(C)c(-c3ncco3)sc21.OC1C[C@H]2CC[C@@H](C1)O2. The van der Waals surface area contributed by atoms with E-state index >= 15 is 0 Å². The van der Waals surface area contributed by atoms with Gasteiger partial charge in [-0.05, 0) is 83.9 Å². The summed E-state index contributed by atoms with van der Waals surface area (Å²) in [4.78, 5) is 45.7. The van der Waals surface area contributed by atoms with Crippen LogP contribution in [0.5, 0.6) is 5.75 Å². The number of para-hydroxylation sites is 1. The van der Waals surface area contributed by atoms with Gasteiger partial charge in [-0.2, -0.15) is 0 Å². The Balaban J connectivity index is 0.000000377. The normalized spacial score (nSPS) is 20.0. The van der Waals surface area contributed by atoms with Crippen LogP contribution in [-0.4, -0.2) is 56.2 Å². The Kier molecular flexibility index (Phi) is 9.66. The Hall–Kier alpha value is -3.74. The van der Waals surface area contributed by atoms with E-state index in [-0.39, 0.29) is 12.6 Å². The van der Waals surface area contributed by atoms with Crippen molar-refractivity contribution in [2.75, 3.05) is 7.11 Å². The summed E-state index contributed by atoms with van der Waals surface area (Å²) in [5.74, 6) is 0.418. The van der Waals surface area contributed by atoms with Gasteiger partial charge in [0, 0.05) is 6.54 Å². The van der Waals surface area contributed by atoms with Gasteiger partial charge in [0.05, 0.1) is 41.9 Å². The molecule has 2 bridgehead atoms. The molecule has 4 aromatic rings. The molecule has 6 rings (SSSR count). The lowest BCUT2D eigenvalue weighted by Gasteiger charge is -2.24. The molecule has 5 heterocycles. The summed E-state index contributed by atoms with van der Waals surface area (Å²) in [7, 11) is 1.59. The number of aliphatic hydroxyl groups is 1. The molecule has 0 radical (unpaired) electrons. The standard InChI is InChI=1S/C26H29N3O6S.C7H12O2/c1-15-19-22(30)29(16(2)24(31)35-26(3,4)5)25(32)28(13-11-17-9-7-8-10-18(17)33-6)23(19)36-20(15)21-27-12-14-34-21;8-5-3-6-1-2-7(4-5)9-6/h7-10,12,14,16H,11,13H2,1-6H3;5-8H,1-4H2/t16-;5?,6-,7+/m1./s1. The first-order valence-corrected chi connectivity index (χ1v) is 16.1. The minimum Gasteiger partial charge on any atom is -0.496 e. The maximum atomic E-state index is 13.8. The maximum absolute atomic E-state index is 13.8. The molecule has 2 aliphatic rings. The summed E-state index contributed by atoms with van der Waals surface area (Å²) in [6, 6.07) is 6.45. The highest BCUT2D eigenvalue weighted by molar-refractivity contribution is 7.22. The van der Waals surface area contributed by atoms with Crippen LogP contribution in [0.1, 0.15) is 70.5 Å². The number of ether oxygens (including phenoxy) is 3. The first-order valence-electron chi connectivity index (χ1n) is 15.2. The van der Waals surface area contributed by atoms with Gasteiger partial charge in [-0.25, -0.2) is 19.1 Å². The zero-order valence-electron chi connectivity index (χ0n) is 26.6. The number of thiophene rings is 1. The minimum atomic E-state index is -1.12. The van der Waals surface area contributed by atoms with Crippen LogP contribution in [0.15, 0.2) is 50.7 Å². The highest BCUT2D eigenvalue weighted by Crippen LogP contribution is 2.36. The van der Waals surface area contributed by atoms with Gasteiger partial charge in [-0.15, -0.1) is 11.3 Å². The number of carbonyl (C=O) groups excluding carboxylic acids is 1. The van der Waals surface area contributed by atoms with Crippen LogP contribution in [0.2, 0.25) is 0 Å². The van der Waals surface area contributed by atoms with E-state index < -0.39 is 28.9 Å². The maximum Gasteiger partial charge on any atom is 0.332 e. The number of nitrogens with zero attached hydrogens (tertiary/aromatic N) is 3. The van der Waals surface area contributed by atoms with E-state index in [2.05, 4.69) is 4.98 Å². The monoisotopic (exact) mass is 639 g/mol. The van der Waals surface area contributed by atoms with E-state index in [9.17, 15) is 19.5 Å². The third-order valence-electron chi connectivity index (χ3n) is 8.07. The molecular weight excluding hydrogens is 598 g/mol.